The minimum Gasteiger partial charge on any atom is -0.506 e. The van der Waals surface area contributed by atoms with Crippen molar-refractivity contribution in [3.8, 4) is 11.5 Å². The molecule has 0 atom stereocenters. The summed E-state index contributed by atoms with van der Waals surface area (Å²) < 4.78 is 11.1. The van der Waals surface area contributed by atoms with Gasteiger partial charge in [0.05, 0.1) is 18.3 Å². The number of hydrogen-bond acceptors (Lipinski definition) is 6. The molecular formula is C31H36N2O4. The first-order chi connectivity index (χ1) is 18.0. The summed E-state index contributed by atoms with van der Waals surface area (Å²) in [6.45, 7) is 10.4. The molecule has 0 aromatic heterocycles. The van der Waals surface area contributed by atoms with Crippen LogP contribution >= 0.6 is 0 Å². The van der Waals surface area contributed by atoms with Crippen molar-refractivity contribution in [3.05, 3.63) is 95.3 Å². The molecular weight excluding hydrogens is 464 g/mol. The Balaban J connectivity index is 1.39. The number of carbonyl (C=O) groups is 1. The molecule has 4 rings (SSSR count). The SMILES string of the molecule is CCN(CC)c1ccc(C2=C(O)C(=C3C=CC(N(CC)CCOc4ccc(OC)cc4)C=C3)C2=O)cc1. The van der Waals surface area contributed by atoms with Gasteiger partial charge in [-0.25, -0.2) is 0 Å². The normalized spacial score (nSPS) is 16.9. The zero-order valence-corrected chi connectivity index (χ0v) is 22.1. The van der Waals surface area contributed by atoms with Crippen LogP contribution in [0.3, 0.4) is 0 Å². The molecule has 2 aliphatic carbocycles. The van der Waals surface area contributed by atoms with Gasteiger partial charge in [-0.05, 0) is 67.9 Å². The number of carbonyl (C=O) groups excluding carboxylic acids is 1. The lowest BCUT2D eigenvalue weighted by molar-refractivity contribution is -0.111. The number of ketones is 1. The van der Waals surface area contributed by atoms with E-state index in [9.17, 15) is 9.90 Å². The summed E-state index contributed by atoms with van der Waals surface area (Å²) in [5.74, 6) is 1.57. The summed E-state index contributed by atoms with van der Waals surface area (Å²) in [5.41, 5.74) is 3.38. The van der Waals surface area contributed by atoms with Crippen LogP contribution in [0.2, 0.25) is 0 Å². The Morgan fingerprint density at radius 2 is 1.46 bits per heavy atom. The van der Waals surface area contributed by atoms with Crippen LogP contribution in [0.1, 0.15) is 26.3 Å². The number of methoxy groups -OCH3 is 1. The molecule has 0 aliphatic heterocycles. The highest BCUT2D eigenvalue weighted by Crippen LogP contribution is 2.39. The number of anilines is 1. The predicted molar refractivity (Wildman–Crippen MR) is 149 cm³/mol. The zero-order valence-electron chi connectivity index (χ0n) is 22.1. The molecule has 6 heteroatoms. The lowest BCUT2D eigenvalue weighted by atomic mass is 9.80. The summed E-state index contributed by atoms with van der Waals surface area (Å²) in [7, 11) is 1.64. The van der Waals surface area contributed by atoms with Crippen LogP contribution in [0, 0.1) is 0 Å². The maximum Gasteiger partial charge on any atom is 0.201 e. The first-order valence-electron chi connectivity index (χ1n) is 13.0. The van der Waals surface area contributed by atoms with E-state index in [0.717, 1.165) is 54.5 Å². The lowest BCUT2D eigenvalue weighted by Crippen LogP contribution is -2.36. The molecule has 2 aliphatic rings. The third kappa shape index (κ3) is 5.65. The number of benzene rings is 2. The second-order valence-corrected chi connectivity index (χ2v) is 8.96. The quantitative estimate of drug-likeness (QED) is 0.406. The first kappa shape index (κ1) is 26.3. The monoisotopic (exact) mass is 500 g/mol. The van der Waals surface area contributed by atoms with Gasteiger partial charge in [0.1, 0.15) is 23.9 Å². The molecule has 194 valence electrons. The Labute approximate surface area is 219 Å². The molecule has 0 heterocycles. The van der Waals surface area contributed by atoms with Crippen molar-refractivity contribution >= 4 is 17.0 Å². The van der Waals surface area contributed by atoms with E-state index in [1.807, 2.05) is 60.7 Å². The first-order valence-corrected chi connectivity index (χ1v) is 13.0. The fourth-order valence-electron chi connectivity index (χ4n) is 4.77. The third-order valence-corrected chi connectivity index (χ3v) is 6.98. The van der Waals surface area contributed by atoms with E-state index >= 15 is 0 Å². The fraction of sp³-hybridized carbons (Fsp3) is 0.323. The van der Waals surface area contributed by atoms with Gasteiger partial charge in [-0.15, -0.1) is 0 Å². The molecule has 0 spiro atoms. The van der Waals surface area contributed by atoms with E-state index in [4.69, 9.17) is 9.47 Å². The summed E-state index contributed by atoms with van der Waals surface area (Å²) in [4.78, 5) is 17.5. The van der Waals surface area contributed by atoms with Gasteiger partial charge >= 0.3 is 0 Å². The summed E-state index contributed by atoms with van der Waals surface area (Å²) in [6.07, 6.45) is 8.00. The maximum atomic E-state index is 13.0. The van der Waals surface area contributed by atoms with Crippen molar-refractivity contribution in [3.63, 3.8) is 0 Å². The highest BCUT2D eigenvalue weighted by Gasteiger charge is 2.36. The number of Topliss-reactive ketones (excluding diaryl/α,β-unsaturated/α-hetero) is 1. The second-order valence-electron chi connectivity index (χ2n) is 8.96. The van der Waals surface area contributed by atoms with Crippen molar-refractivity contribution in [1.29, 1.82) is 0 Å². The lowest BCUT2D eigenvalue weighted by Gasteiger charge is -2.29. The fourth-order valence-corrected chi connectivity index (χ4v) is 4.77. The third-order valence-electron chi connectivity index (χ3n) is 6.98. The Hall–Kier alpha value is -3.77. The molecule has 0 amide bonds. The van der Waals surface area contributed by atoms with Gasteiger partial charge in [0.15, 0.2) is 0 Å². The molecule has 0 saturated carbocycles. The van der Waals surface area contributed by atoms with Gasteiger partial charge in [0.2, 0.25) is 5.78 Å². The number of hydrogen-bond donors (Lipinski definition) is 1. The van der Waals surface area contributed by atoms with E-state index in [1.165, 1.54) is 0 Å². The highest BCUT2D eigenvalue weighted by molar-refractivity contribution is 6.39. The molecule has 0 bridgehead atoms. The molecule has 2 aromatic carbocycles. The molecule has 37 heavy (non-hydrogen) atoms. The van der Waals surface area contributed by atoms with Crippen LogP contribution in [-0.4, -0.2) is 61.7 Å². The number of allylic oxidation sites excluding steroid dienone is 5. The minimum atomic E-state index is -0.115. The number of aliphatic hydroxyl groups excluding tert-OH is 1. The van der Waals surface area contributed by atoms with Crippen molar-refractivity contribution in [2.75, 3.05) is 44.8 Å². The smallest absolute Gasteiger partial charge is 0.201 e. The highest BCUT2D eigenvalue weighted by atomic mass is 16.5. The Bertz CT molecular complexity index is 1200. The Kier molecular flexibility index (Phi) is 8.51. The van der Waals surface area contributed by atoms with Crippen LogP contribution in [0.4, 0.5) is 5.69 Å². The standard InChI is InChI=1S/C31H36N2O4/c1-5-32(6-2)24-12-8-22(9-13-24)28-30(34)29(31(28)35)23-10-14-25(15-11-23)33(7-3)20-21-37-27-18-16-26(36-4)17-19-27/h8-19,25,34H,5-7,20-21H2,1-4H3. The Morgan fingerprint density at radius 3 is 2.00 bits per heavy atom. The molecule has 6 nitrogen and oxygen atoms in total. The average Bonchev–Trinajstić information content (AvgIpc) is 2.94. The van der Waals surface area contributed by atoms with Crippen LogP contribution in [0.15, 0.2) is 89.7 Å². The molecule has 2 aromatic rings. The van der Waals surface area contributed by atoms with Gasteiger partial charge < -0.3 is 19.5 Å². The van der Waals surface area contributed by atoms with Crippen molar-refractivity contribution in [1.82, 2.24) is 4.90 Å². The van der Waals surface area contributed by atoms with Crippen LogP contribution in [0.5, 0.6) is 11.5 Å². The summed E-state index contributed by atoms with van der Waals surface area (Å²) >= 11 is 0. The number of ether oxygens (including phenoxy) is 2. The van der Waals surface area contributed by atoms with Gasteiger partial charge in [0, 0.05) is 31.4 Å². The molecule has 0 radical (unpaired) electrons. The number of rotatable bonds is 11. The van der Waals surface area contributed by atoms with E-state index < -0.39 is 0 Å². The zero-order chi connectivity index (χ0) is 26.4. The van der Waals surface area contributed by atoms with Crippen molar-refractivity contribution < 1.29 is 19.4 Å². The Morgan fingerprint density at radius 1 is 0.838 bits per heavy atom. The number of aliphatic hydroxyl groups is 1. The maximum absolute atomic E-state index is 13.0. The number of likely N-dealkylation sites (N-methyl/N-ethyl adjacent to an activating group) is 1. The second kappa shape index (κ2) is 12.0. The summed E-state index contributed by atoms with van der Waals surface area (Å²) in [5, 5.41) is 10.8. The van der Waals surface area contributed by atoms with E-state index in [2.05, 4.69) is 42.7 Å². The molecule has 0 fully saturated rings. The van der Waals surface area contributed by atoms with Crippen molar-refractivity contribution in [2.24, 2.45) is 0 Å². The van der Waals surface area contributed by atoms with Crippen LogP contribution in [-0.2, 0) is 4.79 Å². The van der Waals surface area contributed by atoms with Crippen LogP contribution in [0.25, 0.3) is 5.57 Å². The van der Waals surface area contributed by atoms with Crippen molar-refractivity contribution in [2.45, 2.75) is 26.8 Å². The largest absolute Gasteiger partial charge is 0.506 e. The number of nitrogens with zero attached hydrogens (tertiary/aromatic N) is 2. The predicted octanol–water partition coefficient (Wildman–Crippen LogP) is 5.59. The van der Waals surface area contributed by atoms with Gasteiger partial charge in [-0.1, -0.05) is 43.4 Å². The molecule has 1 N–H and O–H groups in total. The minimum absolute atomic E-state index is 0.0728. The average molecular weight is 501 g/mol. The molecule has 0 saturated heterocycles. The van der Waals surface area contributed by atoms with Crippen LogP contribution < -0.4 is 14.4 Å². The summed E-state index contributed by atoms with van der Waals surface area (Å²) in [6, 6.07) is 15.5. The van der Waals surface area contributed by atoms with E-state index in [1.54, 1.807) is 7.11 Å². The topological polar surface area (TPSA) is 62.2 Å². The van der Waals surface area contributed by atoms with E-state index in [0.29, 0.717) is 17.8 Å². The van der Waals surface area contributed by atoms with Gasteiger partial charge in [0.25, 0.3) is 0 Å². The van der Waals surface area contributed by atoms with Gasteiger partial charge in [-0.2, -0.15) is 0 Å². The van der Waals surface area contributed by atoms with Gasteiger partial charge in [-0.3, -0.25) is 9.69 Å². The van der Waals surface area contributed by atoms with E-state index in [-0.39, 0.29) is 17.6 Å². The molecule has 0 unspecified atom stereocenters.